The second-order valence-electron chi connectivity index (χ2n) is 8.52. The predicted octanol–water partition coefficient (Wildman–Crippen LogP) is 5.05. The summed E-state index contributed by atoms with van der Waals surface area (Å²) in [4.78, 5) is 6.04. The van der Waals surface area contributed by atoms with Crippen LogP contribution in [0.5, 0.6) is 0 Å². The van der Waals surface area contributed by atoms with Crippen LogP contribution in [0.3, 0.4) is 0 Å². The highest BCUT2D eigenvalue weighted by molar-refractivity contribution is 6.69. The third-order valence-electron chi connectivity index (χ3n) is 5.61. The smallest absolute Gasteiger partial charge is 0.216 e. The first kappa shape index (κ1) is 16.9. The maximum Gasteiger partial charge on any atom is 0.216 e. The molecule has 5 atom stereocenters. The average molecular weight is 330 g/mol. The summed E-state index contributed by atoms with van der Waals surface area (Å²) in [6.07, 6.45) is 8.57. The molecule has 3 rings (SSSR count). The number of rotatable bonds is 7. The Kier molecular flexibility index (Phi) is 4.72. The number of halogens is 1. The van der Waals surface area contributed by atoms with Gasteiger partial charge in [-0.15, -0.1) is 0 Å². The fraction of sp³-hybridized carbons (Fsp3) is 1.00. The van der Waals surface area contributed by atoms with E-state index in [-0.39, 0.29) is 12.0 Å². The zero-order chi connectivity index (χ0) is 16.0. The molecule has 0 spiro atoms. The quantitative estimate of drug-likeness (QED) is 0.370. The lowest BCUT2D eigenvalue weighted by Gasteiger charge is -2.36. The van der Waals surface area contributed by atoms with E-state index in [1.54, 1.807) is 0 Å². The molecule has 1 aliphatic heterocycles. The van der Waals surface area contributed by atoms with Crippen molar-refractivity contribution in [2.24, 2.45) is 17.8 Å². The van der Waals surface area contributed by atoms with E-state index in [2.05, 4.69) is 26.6 Å². The summed E-state index contributed by atoms with van der Waals surface area (Å²) in [6.45, 7) is 8.47. The standard InChI is InChI=1S/C17H32FNO2Si/c1-5-6-7-8-11-17(18)15-13-9-10-14(12-13)16(15)20-19(17)21-22(2,3)4/h13-16H,5-12H2,1-4H3/t13-,14+,15+,16-,17?/m1/s1. The molecule has 22 heavy (non-hydrogen) atoms. The van der Waals surface area contributed by atoms with Gasteiger partial charge in [-0.2, -0.15) is 0 Å². The normalized spacial score (nSPS) is 41.3. The van der Waals surface area contributed by atoms with E-state index in [1.165, 1.54) is 30.9 Å². The first-order valence-electron chi connectivity index (χ1n) is 9.20. The first-order chi connectivity index (χ1) is 10.3. The van der Waals surface area contributed by atoms with Crippen molar-refractivity contribution in [3.05, 3.63) is 0 Å². The minimum Gasteiger partial charge on any atom is -0.318 e. The van der Waals surface area contributed by atoms with Crippen LogP contribution < -0.4 is 0 Å². The fourth-order valence-electron chi connectivity index (χ4n) is 4.73. The molecule has 0 aromatic heterocycles. The van der Waals surface area contributed by atoms with Gasteiger partial charge in [0.25, 0.3) is 0 Å². The molecule has 0 N–H and O–H groups in total. The highest BCUT2D eigenvalue weighted by atomic mass is 28.4. The number of unbranched alkanes of at least 4 members (excludes halogenated alkanes) is 3. The van der Waals surface area contributed by atoms with E-state index >= 15 is 4.39 Å². The minimum absolute atomic E-state index is 0.0317. The Hall–Kier alpha value is 0.0269. The molecule has 1 heterocycles. The molecule has 1 unspecified atom stereocenters. The van der Waals surface area contributed by atoms with Gasteiger partial charge in [-0.1, -0.05) is 26.2 Å². The van der Waals surface area contributed by atoms with Crippen LogP contribution in [0.25, 0.3) is 0 Å². The summed E-state index contributed by atoms with van der Waals surface area (Å²) in [5.41, 5.74) is 0. The largest absolute Gasteiger partial charge is 0.318 e. The number of fused-ring (bicyclic) bond motifs is 5. The van der Waals surface area contributed by atoms with E-state index in [4.69, 9.17) is 9.36 Å². The number of nitrogens with zero attached hydrogens (tertiary/aromatic N) is 1. The van der Waals surface area contributed by atoms with E-state index in [0.29, 0.717) is 18.3 Å². The molecule has 2 saturated carbocycles. The number of alkyl halides is 1. The van der Waals surface area contributed by atoms with Gasteiger partial charge in [0.15, 0.2) is 0 Å². The molecule has 0 aromatic rings. The number of hydrogen-bond donors (Lipinski definition) is 0. The van der Waals surface area contributed by atoms with Crippen LogP contribution in [0.4, 0.5) is 4.39 Å². The average Bonchev–Trinajstić information content (AvgIpc) is 3.08. The number of hydrogen-bond acceptors (Lipinski definition) is 3. The summed E-state index contributed by atoms with van der Waals surface area (Å²) in [5.74, 6) is -0.319. The highest BCUT2D eigenvalue weighted by Gasteiger charge is 2.66. The maximum atomic E-state index is 16.0. The van der Waals surface area contributed by atoms with Crippen LogP contribution in [0.2, 0.25) is 19.6 Å². The van der Waals surface area contributed by atoms with Crippen molar-refractivity contribution in [3.8, 4) is 0 Å². The van der Waals surface area contributed by atoms with Gasteiger partial charge in [0.05, 0.1) is 6.10 Å². The molecule has 3 fully saturated rings. The lowest BCUT2D eigenvalue weighted by molar-refractivity contribution is -0.379. The van der Waals surface area contributed by atoms with Crippen molar-refractivity contribution in [1.29, 1.82) is 0 Å². The Morgan fingerprint density at radius 2 is 1.91 bits per heavy atom. The molecule has 3 nitrogen and oxygen atoms in total. The lowest BCUT2D eigenvalue weighted by Crippen LogP contribution is -2.49. The first-order valence-corrected chi connectivity index (χ1v) is 12.6. The molecule has 0 radical (unpaired) electrons. The van der Waals surface area contributed by atoms with Gasteiger partial charge in [0.2, 0.25) is 14.1 Å². The second-order valence-corrected chi connectivity index (χ2v) is 12.9. The van der Waals surface area contributed by atoms with E-state index in [0.717, 1.165) is 19.3 Å². The Balaban J connectivity index is 1.74. The second kappa shape index (κ2) is 6.15. The summed E-state index contributed by atoms with van der Waals surface area (Å²) >= 11 is 0. The highest BCUT2D eigenvalue weighted by Crippen LogP contribution is 2.60. The summed E-state index contributed by atoms with van der Waals surface area (Å²) < 4.78 is 22.1. The molecule has 5 heteroatoms. The van der Waals surface area contributed by atoms with Crippen LogP contribution in [0.15, 0.2) is 0 Å². The van der Waals surface area contributed by atoms with E-state index in [9.17, 15) is 0 Å². The monoisotopic (exact) mass is 329 g/mol. The third-order valence-corrected chi connectivity index (χ3v) is 6.32. The maximum absolute atomic E-state index is 16.0. The molecule has 3 aliphatic rings. The lowest BCUT2D eigenvalue weighted by atomic mass is 9.79. The molecular weight excluding hydrogens is 297 g/mol. The molecule has 128 valence electrons. The van der Waals surface area contributed by atoms with Gasteiger partial charge in [-0.3, -0.25) is 4.84 Å². The van der Waals surface area contributed by atoms with Crippen molar-refractivity contribution in [2.45, 2.75) is 89.8 Å². The summed E-state index contributed by atoms with van der Waals surface area (Å²) in [6, 6.07) is 0. The summed E-state index contributed by atoms with van der Waals surface area (Å²) in [5, 5.41) is 1.34. The van der Waals surface area contributed by atoms with Crippen molar-refractivity contribution in [2.75, 3.05) is 0 Å². The van der Waals surface area contributed by atoms with Gasteiger partial charge in [0, 0.05) is 12.3 Å². The van der Waals surface area contributed by atoms with Crippen LogP contribution in [-0.4, -0.2) is 25.4 Å². The van der Waals surface area contributed by atoms with Crippen LogP contribution >= 0.6 is 0 Å². The zero-order valence-corrected chi connectivity index (χ0v) is 15.6. The zero-order valence-electron chi connectivity index (χ0n) is 14.6. The van der Waals surface area contributed by atoms with Gasteiger partial charge < -0.3 is 4.53 Å². The Labute approximate surface area is 135 Å². The Morgan fingerprint density at radius 3 is 2.59 bits per heavy atom. The van der Waals surface area contributed by atoms with Crippen molar-refractivity contribution >= 4 is 8.32 Å². The van der Waals surface area contributed by atoms with Gasteiger partial charge >= 0.3 is 0 Å². The van der Waals surface area contributed by atoms with Crippen LogP contribution in [0.1, 0.15) is 58.3 Å². The molecule has 0 aromatic carbocycles. The SMILES string of the molecule is CCCCCCC1(F)[C@H]2[C@@H]3CC[C@@H](C3)[C@H]2ON1O[Si](C)(C)C. The van der Waals surface area contributed by atoms with Gasteiger partial charge in [-0.25, -0.2) is 4.39 Å². The number of hydroxylamine groups is 2. The van der Waals surface area contributed by atoms with Crippen molar-refractivity contribution in [1.82, 2.24) is 5.23 Å². The van der Waals surface area contributed by atoms with Crippen molar-refractivity contribution < 1.29 is 13.8 Å². The van der Waals surface area contributed by atoms with Crippen LogP contribution in [-0.2, 0) is 9.36 Å². The summed E-state index contributed by atoms with van der Waals surface area (Å²) in [7, 11) is -1.88. The fourth-order valence-corrected chi connectivity index (χ4v) is 5.42. The third kappa shape index (κ3) is 3.02. The molecular formula is C17H32FNO2Si. The van der Waals surface area contributed by atoms with E-state index in [1.807, 2.05) is 0 Å². The Morgan fingerprint density at radius 1 is 1.18 bits per heavy atom. The Bertz CT molecular complexity index is 403. The van der Waals surface area contributed by atoms with E-state index < -0.39 is 14.1 Å². The molecule has 2 bridgehead atoms. The molecule has 0 amide bonds. The van der Waals surface area contributed by atoms with Crippen molar-refractivity contribution in [3.63, 3.8) is 0 Å². The van der Waals surface area contributed by atoms with Crippen LogP contribution in [0, 0.1) is 17.8 Å². The minimum atomic E-state index is -1.88. The molecule has 1 saturated heterocycles. The topological polar surface area (TPSA) is 21.7 Å². The molecule has 2 aliphatic carbocycles. The van der Waals surface area contributed by atoms with Gasteiger partial charge in [-0.05, 0) is 62.4 Å². The van der Waals surface area contributed by atoms with Gasteiger partial charge in [0.1, 0.15) is 0 Å². The predicted molar refractivity (Wildman–Crippen MR) is 88.1 cm³/mol.